The van der Waals surface area contributed by atoms with E-state index in [2.05, 4.69) is 15.9 Å². The van der Waals surface area contributed by atoms with Gasteiger partial charge in [-0.15, -0.1) is 0 Å². The highest BCUT2D eigenvalue weighted by molar-refractivity contribution is 9.10. The van der Waals surface area contributed by atoms with Gasteiger partial charge in [-0.25, -0.2) is 8.42 Å². The lowest BCUT2D eigenvalue weighted by Crippen LogP contribution is -2.47. The van der Waals surface area contributed by atoms with E-state index in [0.717, 1.165) is 4.47 Å². The summed E-state index contributed by atoms with van der Waals surface area (Å²) in [6.07, 6.45) is 1.04. The van der Waals surface area contributed by atoms with Crippen LogP contribution in [0.2, 0.25) is 0 Å². The third-order valence-electron chi connectivity index (χ3n) is 4.37. The van der Waals surface area contributed by atoms with E-state index in [1.165, 1.54) is 16.4 Å². The number of nitrogens with zero attached hydrogens (tertiary/aromatic N) is 2. The number of rotatable bonds is 6. The van der Waals surface area contributed by atoms with Gasteiger partial charge in [0.15, 0.2) is 0 Å². The summed E-state index contributed by atoms with van der Waals surface area (Å²) < 4.78 is 27.4. The van der Waals surface area contributed by atoms with Crippen molar-refractivity contribution in [1.82, 2.24) is 9.21 Å². The Bertz CT molecular complexity index is 728. The number of carbonyl (C=O) groups is 2. The molecule has 1 saturated heterocycles. The minimum atomic E-state index is -3.73. The Hall–Kier alpha value is -1.45. The van der Waals surface area contributed by atoms with Crippen molar-refractivity contribution in [3.63, 3.8) is 0 Å². The molecule has 0 radical (unpaired) electrons. The molecular weight excluding hydrogens is 410 g/mol. The highest BCUT2D eigenvalue weighted by Gasteiger charge is 2.30. The average molecular weight is 432 g/mol. The summed E-state index contributed by atoms with van der Waals surface area (Å²) in [5.41, 5.74) is 5.29. The van der Waals surface area contributed by atoms with Crippen molar-refractivity contribution in [2.75, 3.05) is 26.2 Å². The molecule has 2 N–H and O–H groups in total. The van der Waals surface area contributed by atoms with Crippen LogP contribution in [0.5, 0.6) is 0 Å². The molecule has 1 aromatic carbocycles. The zero-order chi connectivity index (χ0) is 18.6. The van der Waals surface area contributed by atoms with Gasteiger partial charge in [-0.05, 0) is 37.1 Å². The van der Waals surface area contributed by atoms with Crippen LogP contribution in [0.4, 0.5) is 0 Å². The number of hydrogen-bond donors (Lipinski definition) is 1. The third-order valence-corrected chi connectivity index (χ3v) is 6.83. The third kappa shape index (κ3) is 4.80. The van der Waals surface area contributed by atoms with Gasteiger partial charge in [0.25, 0.3) is 0 Å². The number of sulfonamides is 1. The number of halogens is 1. The number of benzene rings is 1. The summed E-state index contributed by atoms with van der Waals surface area (Å²) in [6.45, 7) is 2.52. The van der Waals surface area contributed by atoms with Gasteiger partial charge < -0.3 is 10.6 Å². The Morgan fingerprint density at radius 1 is 1.24 bits per heavy atom. The number of piperidine rings is 1. The predicted molar refractivity (Wildman–Crippen MR) is 97.1 cm³/mol. The summed E-state index contributed by atoms with van der Waals surface area (Å²) >= 11 is 3.27. The Balaban J connectivity index is 2.05. The van der Waals surface area contributed by atoms with Crippen LogP contribution in [-0.4, -0.2) is 55.6 Å². The molecule has 7 nitrogen and oxygen atoms in total. The molecule has 1 aliphatic heterocycles. The van der Waals surface area contributed by atoms with E-state index in [4.69, 9.17) is 5.73 Å². The highest BCUT2D eigenvalue weighted by atomic mass is 79.9. The molecule has 0 saturated carbocycles. The molecule has 9 heteroatoms. The van der Waals surface area contributed by atoms with Crippen LogP contribution in [0.25, 0.3) is 0 Å². The van der Waals surface area contributed by atoms with E-state index in [-0.39, 0.29) is 35.7 Å². The molecule has 1 aromatic rings. The van der Waals surface area contributed by atoms with Gasteiger partial charge in [0.1, 0.15) is 0 Å². The molecule has 0 atom stereocenters. The van der Waals surface area contributed by atoms with Crippen LogP contribution < -0.4 is 5.73 Å². The smallest absolute Gasteiger partial charge is 0.243 e. The maximum Gasteiger partial charge on any atom is 0.243 e. The molecule has 138 valence electrons. The lowest BCUT2D eigenvalue weighted by atomic mass is 9.96. The monoisotopic (exact) mass is 431 g/mol. The van der Waals surface area contributed by atoms with Crippen LogP contribution in [0, 0.1) is 5.92 Å². The van der Waals surface area contributed by atoms with Crippen molar-refractivity contribution >= 4 is 37.8 Å². The van der Waals surface area contributed by atoms with Gasteiger partial charge >= 0.3 is 0 Å². The molecule has 2 amide bonds. The number of carbonyl (C=O) groups excluding carboxylic acids is 2. The highest BCUT2D eigenvalue weighted by Crippen LogP contribution is 2.20. The van der Waals surface area contributed by atoms with Crippen molar-refractivity contribution < 1.29 is 18.0 Å². The Morgan fingerprint density at radius 3 is 2.28 bits per heavy atom. The SMILES string of the molecule is CCN(CC(=O)N1CCC(C(N)=O)CC1)S(=O)(=O)c1ccc(Br)cc1. The largest absolute Gasteiger partial charge is 0.369 e. The van der Waals surface area contributed by atoms with Crippen LogP contribution in [0.1, 0.15) is 19.8 Å². The minimum Gasteiger partial charge on any atom is -0.369 e. The summed E-state index contributed by atoms with van der Waals surface area (Å²) in [7, 11) is -3.73. The molecule has 0 unspecified atom stereocenters. The zero-order valence-electron chi connectivity index (χ0n) is 14.0. The minimum absolute atomic E-state index is 0.151. The fraction of sp³-hybridized carbons (Fsp3) is 0.500. The van der Waals surface area contributed by atoms with Crippen LogP contribution in [0.15, 0.2) is 33.6 Å². The second-order valence-electron chi connectivity index (χ2n) is 5.94. The van der Waals surface area contributed by atoms with Gasteiger partial charge in [0.2, 0.25) is 21.8 Å². The topological polar surface area (TPSA) is 101 Å². The zero-order valence-corrected chi connectivity index (χ0v) is 16.4. The molecule has 0 spiro atoms. The van der Waals surface area contributed by atoms with Crippen LogP contribution in [0.3, 0.4) is 0 Å². The summed E-state index contributed by atoms with van der Waals surface area (Å²) in [4.78, 5) is 25.4. The maximum atomic E-state index is 12.7. The molecule has 1 fully saturated rings. The fourth-order valence-corrected chi connectivity index (χ4v) is 4.45. The van der Waals surface area contributed by atoms with Gasteiger partial charge in [0, 0.05) is 30.0 Å². The van der Waals surface area contributed by atoms with Crippen molar-refractivity contribution in [1.29, 1.82) is 0 Å². The fourth-order valence-electron chi connectivity index (χ4n) is 2.79. The number of hydrogen-bond acceptors (Lipinski definition) is 4. The van der Waals surface area contributed by atoms with E-state index in [1.54, 1.807) is 24.0 Å². The van der Waals surface area contributed by atoms with Crippen molar-refractivity contribution in [2.24, 2.45) is 11.7 Å². The first kappa shape index (κ1) is 19.9. The molecule has 0 bridgehead atoms. The normalized spacial score (nSPS) is 16.2. The van der Waals surface area contributed by atoms with Crippen molar-refractivity contribution in [3.8, 4) is 0 Å². The Kier molecular flexibility index (Phi) is 6.59. The summed E-state index contributed by atoms with van der Waals surface area (Å²) in [5.74, 6) is -0.816. The standard InChI is InChI=1S/C16H22BrN3O4S/c1-2-20(25(23,24)14-5-3-13(17)4-6-14)11-15(21)19-9-7-12(8-10-19)16(18)22/h3-6,12H,2,7-11H2,1H3,(H2,18,22). The van der Waals surface area contributed by atoms with Crippen LogP contribution >= 0.6 is 15.9 Å². The predicted octanol–water partition coefficient (Wildman–Crippen LogP) is 1.18. The average Bonchev–Trinajstić information content (AvgIpc) is 2.59. The van der Waals surface area contributed by atoms with Crippen molar-refractivity contribution in [2.45, 2.75) is 24.7 Å². The number of amides is 2. The second-order valence-corrected chi connectivity index (χ2v) is 8.80. The van der Waals surface area contributed by atoms with Crippen LogP contribution in [-0.2, 0) is 19.6 Å². The van der Waals surface area contributed by atoms with E-state index < -0.39 is 10.0 Å². The molecule has 0 aliphatic carbocycles. The lowest BCUT2D eigenvalue weighted by Gasteiger charge is -2.32. The van der Waals surface area contributed by atoms with Crippen molar-refractivity contribution in [3.05, 3.63) is 28.7 Å². The van der Waals surface area contributed by atoms with Gasteiger partial charge in [-0.2, -0.15) is 4.31 Å². The molecule has 1 heterocycles. The number of likely N-dealkylation sites (tertiary alicyclic amines) is 1. The first-order valence-corrected chi connectivity index (χ1v) is 10.3. The maximum absolute atomic E-state index is 12.7. The molecule has 0 aromatic heterocycles. The first-order valence-electron chi connectivity index (χ1n) is 8.08. The van der Waals surface area contributed by atoms with Gasteiger partial charge in [-0.1, -0.05) is 22.9 Å². The van der Waals surface area contributed by atoms with Gasteiger partial charge in [0.05, 0.1) is 11.4 Å². The molecule has 2 rings (SSSR count). The molecule has 25 heavy (non-hydrogen) atoms. The number of likely N-dealkylation sites (N-methyl/N-ethyl adjacent to an activating group) is 1. The van der Waals surface area contributed by atoms with E-state index in [1.807, 2.05) is 0 Å². The Labute approximate surface area is 156 Å². The van der Waals surface area contributed by atoms with Gasteiger partial charge in [-0.3, -0.25) is 9.59 Å². The van der Waals surface area contributed by atoms with E-state index in [9.17, 15) is 18.0 Å². The van der Waals surface area contributed by atoms with E-state index in [0.29, 0.717) is 25.9 Å². The summed E-state index contributed by atoms with van der Waals surface area (Å²) in [6, 6.07) is 6.31. The lowest BCUT2D eigenvalue weighted by molar-refractivity contribution is -0.135. The summed E-state index contributed by atoms with van der Waals surface area (Å²) in [5, 5.41) is 0. The second kappa shape index (κ2) is 8.29. The first-order chi connectivity index (χ1) is 11.8. The molecular formula is C16H22BrN3O4S. The number of nitrogens with two attached hydrogens (primary N) is 1. The quantitative estimate of drug-likeness (QED) is 0.730. The molecule has 1 aliphatic rings. The van der Waals surface area contributed by atoms with E-state index >= 15 is 0 Å². The number of primary amides is 1. The Morgan fingerprint density at radius 2 is 1.80 bits per heavy atom.